The first kappa shape index (κ1) is 25.0. The van der Waals surface area contributed by atoms with Crippen molar-refractivity contribution in [3.05, 3.63) is 0 Å². The summed E-state index contributed by atoms with van der Waals surface area (Å²) in [6, 6.07) is 0. The van der Waals surface area contributed by atoms with Crippen LogP contribution < -0.4 is 34.7 Å². The van der Waals surface area contributed by atoms with Gasteiger partial charge in [-0.2, -0.15) is 0 Å². The van der Waals surface area contributed by atoms with Crippen molar-refractivity contribution < 1.29 is 54.8 Å². The zero-order valence-corrected chi connectivity index (χ0v) is 21.3. The maximum Gasteiger partial charge on any atom is 1.00 e. The number of hydrogen-bond acceptors (Lipinski definition) is 5. The minimum atomic E-state index is -1.94. The second-order valence-corrected chi connectivity index (χ2v) is 11.6. The van der Waals surface area contributed by atoms with E-state index in [2.05, 4.69) is 20.8 Å². The second-order valence-electron chi connectivity index (χ2n) is 11.6. The van der Waals surface area contributed by atoms with Crippen molar-refractivity contribution in [1.82, 2.24) is 0 Å². The smallest absolute Gasteiger partial charge is 0.550 e. The molecule has 0 aliphatic heterocycles. The van der Waals surface area contributed by atoms with Crippen LogP contribution in [0.5, 0.6) is 0 Å². The zero-order valence-electron chi connectivity index (χ0n) is 19.3. The van der Waals surface area contributed by atoms with Gasteiger partial charge in [-0.1, -0.05) is 20.8 Å². The van der Waals surface area contributed by atoms with Gasteiger partial charge in [0.25, 0.3) is 0 Å². The van der Waals surface area contributed by atoms with Crippen LogP contribution >= 0.6 is 0 Å². The summed E-state index contributed by atoms with van der Waals surface area (Å²) in [7, 11) is 0. The van der Waals surface area contributed by atoms with Gasteiger partial charge in [0.2, 0.25) is 0 Å². The third kappa shape index (κ3) is 3.94. The molecule has 0 radical (unpaired) electrons. The molecule has 0 aromatic carbocycles. The summed E-state index contributed by atoms with van der Waals surface area (Å²) >= 11 is 0. The Morgan fingerprint density at radius 1 is 1.03 bits per heavy atom. The Hall–Kier alpha value is 0.350. The van der Waals surface area contributed by atoms with Gasteiger partial charge in [-0.15, -0.1) is 0 Å². The van der Waals surface area contributed by atoms with E-state index in [9.17, 15) is 25.2 Å². The molecule has 3 N–H and O–H groups in total. The molecule has 0 heterocycles. The normalized spacial score (nSPS) is 47.9. The molecule has 5 nitrogen and oxygen atoms in total. The van der Waals surface area contributed by atoms with Crippen molar-refractivity contribution in [2.75, 3.05) is 0 Å². The predicted octanol–water partition coefficient (Wildman–Crippen LogP) is -0.533. The van der Waals surface area contributed by atoms with Crippen molar-refractivity contribution in [2.45, 2.75) is 96.9 Å². The standard InChI is InChI=1S/C24H40O5.Na/c1-14(4-9-21(26)27)17-7-8-18-16-6-5-15-12-24(28,29)20(25)13-23(15,3)19(16)10-11-22(17,18)2;/h14-20,25,28-29H,4-13H2,1-3H3,(H,26,27);/q;+1/p-1/t14-,15-,16?,17-,18?,19?,20?,22-,23+;/m1./s1. The Balaban J connectivity index is 0.00000256. The molecule has 166 valence electrons. The third-order valence-electron chi connectivity index (χ3n) is 10.3. The molecule has 0 saturated heterocycles. The number of carbonyl (C=O) groups is 1. The molecule has 30 heavy (non-hydrogen) atoms. The number of aliphatic hydroxyl groups is 3. The summed E-state index contributed by atoms with van der Waals surface area (Å²) in [5.74, 6) is 0.240. The molecule has 4 saturated carbocycles. The fourth-order valence-corrected chi connectivity index (χ4v) is 8.79. The number of aliphatic carboxylic acids is 1. The van der Waals surface area contributed by atoms with E-state index in [1.54, 1.807) is 0 Å². The van der Waals surface area contributed by atoms with E-state index in [0.717, 1.165) is 19.3 Å². The molecular weight excluding hydrogens is 391 g/mol. The summed E-state index contributed by atoms with van der Waals surface area (Å²) in [6.45, 7) is 6.98. The molecule has 0 amide bonds. The second kappa shape index (κ2) is 8.61. The van der Waals surface area contributed by atoms with Crippen molar-refractivity contribution in [3.63, 3.8) is 0 Å². The van der Waals surface area contributed by atoms with Crippen LogP contribution in [0.1, 0.15) is 85.0 Å². The minimum Gasteiger partial charge on any atom is -0.550 e. The van der Waals surface area contributed by atoms with Crippen molar-refractivity contribution in [3.8, 4) is 0 Å². The van der Waals surface area contributed by atoms with Crippen LogP contribution in [0.4, 0.5) is 0 Å². The number of fused-ring (bicyclic) bond motifs is 5. The number of rotatable bonds is 4. The number of hydrogen-bond donors (Lipinski definition) is 3. The first-order valence-electron chi connectivity index (χ1n) is 11.8. The Bertz CT molecular complexity index is 654. The molecule has 0 spiro atoms. The van der Waals surface area contributed by atoms with E-state index in [1.807, 2.05) is 0 Å². The van der Waals surface area contributed by atoms with Crippen LogP contribution in [-0.2, 0) is 4.79 Å². The van der Waals surface area contributed by atoms with Gasteiger partial charge < -0.3 is 25.2 Å². The summed E-state index contributed by atoms with van der Waals surface area (Å²) in [4.78, 5) is 10.9. The first-order chi connectivity index (χ1) is 13.5. The van der Waals surface area contributed by atoms with Crippen LogP contribution in [0.15, 0.2) is 0 Å². The average molecular weight is 431 g/mol. The predicted molar refractivity (Wildman–Crippen MR) is 107 cm³/mol. The molecule has 9 atom stereocenters. The van der Waals surface area contributed by atoms with Crippen molar-refractivity contribution in [2.24, 2.45) is 46.3 Å². The Morgan fingerprint density at radius 3 is 2.37 bits per heavy atom. The summed E-state index contributed by atoms with van der Waals surface area (Å²) in [5.41, 5.74) is 0.262. The van der Waals surface area contributed by atoms with Gasteiger partial charge in [-0.25, -0.2) is 0 Å². The number of carboxylic acid groups (broad SMARTS) is 1. The summed E-state index contributed by atoms with van der Waals surface area (Å²) < 4.78 is 0. The maximum atomic E-state index is 10.9. The van der Waals surface area contributed by atoms with Crippen LogP contribution in [0.25, 0.3) is 0 Å². The van der Waals surface area contributed by atoms with E-state index in [-0.39, 0.29) is 52.7 Å². The van der Waals surface area contributed by atoms with Crippen LogP contribution in [-0.4, -0.2) is 33.2 Å². The number of carbonyl (C=O) groups excluding carboxylic acids is 1. The molecule has 0 bridgehead atoms. The minimum absolute atomic E-state index is 0. The van der Waals surface area contributed by atoms with E-state index in [1.165, 1.54) is 19.3 Å². The number of aliphatic hydroxyl groups excluding tert-OH is 1. The van der Waals surface area contributed by atoms with Crippen LogP contribution in [0.2, 0.25) is 0 Å². The molecule has 4 unspecified atom stereocenters. The Morgan fingerprint density at radius 2 is 1.70 bits per heavy atom. The molecule has 4 fully saturated rings. The van der Waals surface area contributed by atoms with Crippen molar-refractivity contribution in [1.29, 1.82) is 0 Å². The van der Waals surface area contributed by atoms with Gasteiger partial charge in [-0.05, 0) is 104 Å². The van der Waals surface area contributed by atoms with Gasteiger partial charge in [0, 0.05) is 12.4 Å². The molecule has 4 aliphatic rings. The molecule has 0 aromatic heterocycles. The SMILES string of the molecule is C[C@H](CCC(=O)[O-])[C@H]1CCC2C3CC[C@@H]4CC(O)(O)C(O)C[C@]4(C)C3CC[C@@]21C.[Na+]. The molecule has 6 heteroatoms. The fourth-order valence-electron chi connectivity index (χ4n) is 8.79. The van der Waals surface area contributed by atoms with Gasteiger partial charge in [0.05, 0.1) is 0 Å². The molecule has 4 rings (SSSR count). The Labute approximate surface area is 203 Å². The maximum absolute atomic E-state index is 10.9. The fraction of sp³-hybridized carbons (Fsp3) is 0.958. The summed E-state index contributed by atoms with van der Waals surface area (Å²) in [6.07, 6.45) is 7.49. The van der Waals surface area contributed by atoms with E-state index >= 15 is 0 Å². The average Bonchev–Trinajstić information content (AvgIpc) is 2.98. The Kier molecular flexibility index (Phi) is 7.17. The van der Waals surface area contributed by atoms with E-state index in [0.29, 0.717) is 48.9 Å². The van der Waals surface area contributed by atoms with Crippen molar-refractivity contribution >= 4 is 5.97 Å². The van der Waals surface area contributed by atoms with Gasteiger partial charge in [-0.3, -0.25) is 0 Å². The monoisotopic (exact) mass is 430 g/mol. The summed E-state index contributed by atoms with van der Waals surface area (Å²) in [5, 5.41) is 41.8. The topological polar surface area (TPSA) is 101 Å². The molecular formula is C24H39NaO5. The third-order valence-corrected chi connectivity index (χ3v) is 10.3. The largest absolute Gasteiger partial charge is 1.00 e. The van der Waals surface area contributed by atoms with E-state index < -0.39 is 17.9 Å². The molecule has 4 aliphatic carbocycles. The first-order valence-corrected chi connectivity index (χ1v) is 11.8. The zero-order chi connectivity index (χ0) is 21.2. The van der Waals surface area contributed by atoms with E-state index in [4.69, 9.17) is 0 Å². The molecule has 0 aromatic rings. The number of carboxylic acids is 1. The van der Waals surface area contributed by atoms with Gasteiger partial charge in [0.15, 0.2) is 5.79 Å². The van der Waals surface area contributed by atoms with Gasteiger partial charge >= 0.3 is 29.6 Å². The quantitative estimate of drug-likeness (QED) is 0.411. The van der Waals surface area contributed by atoms with Crippen LogP contribution in [0, 0.1) is 46.3 Å². The van der Waals surface area contributed by atoms with Gasteiger partial charge in [0.1, 0.15) is 6.10 Å². The van der Waals surface area contributed by atoms with Crippen LogP contribution in [0.3, 0.4) is 0 Å².